The Labute approximate surface area is 119 Å². The van der Waals surface area contributed by atoms with Crippen molar-refractivity contribution in [1.82, 2.24) is 15.6 Å². The number of ether oxygens (including phenoxy) is 1. The molecule has 0 aromatic carbocycles. The van der Waals surface area contributed by atoms with Gasteiger partial charge in [-0.25, -0.2) is 9.59 Å². The van der Waals surface area contributed by atoms with Crippen LogP contribution in [0.25, 0.3) is 0 Å². The fraction of sp³-hybridized carbons (Fsp3) is 0.455. The molecule has 3 N–H and O–H groups in total. The van der Waals surface area contributed by atoms with Gasteiger partial charge in [-0.1, -0.05) is 0 Å². The Morgan fingerprint density at radius 1 is 1.50 bits per heavy atom. The second kappa shape index (κ2) is 8.10. The van der Waals surface area contributed by atoms with Gasteiger partial charge < -0.3 is 20.5 Å². The molecule has 1 aromatic rings. The van der Waals surface area contributed by atoms with E-state index in [0.717, 1.165) is 4.88 Å². The normalized spacial score (nSPS) is 11.4. The molecule has 0 aliphatic carbocycles. The van der Waals surface area contributed by atoms with Crippen LogP contribution in [-0.4, -0.2) is 41.2 Å². The fourth-order valence-corrected chi connectivity index (χ4v) is 1.86. The van der Waals surface area contributed by atoms with Crippen LogP contribution in [-0.2, 0) is 20.9 Å². The topological polar surface area (TPSA) is 118 Å². The molecule has 9 heteroatoms. The van der Waals surface area contributed by atoms with Crippen molar-refractivity contribution in [3.8, 4) is 0 Å². The minimum absolute atomic E-state index is 0.0318. The molecule has 0 aliphatic rings. The summed E-state index contributed by atoms with van der Waals surface area (Å²) in [6, 6.07) is -1.76. The van der Waals surface area contributed by atoms with Crippen molar-refractivity contribution in [3.63, 3.8) is 0 Å². The van der Waals surface area contributed by atoms with Crippen LogP contribution in [0.15, 0.2) is 11.7 Å². The Bertz CT molecular complexity index is 463. The van der Waals surface area contributed by atoms with Gasteiger partial charge in [-0.3, -0.25) is 9.78 Å². The van der Waals surface area contributed by atoms with Crippen LogP contribution in [0.3, 0.4) is 0 Å². The molecule has 0 spiro atoms. The van der Waals surface area contributed by atoms with Gasteiger partial charge in [-0.2, -0.15) is 0 Å². The number of aromatic nitrogens is 1. The predicted octanol–water partition coefficient (Wildman–Crippen LogP) is 0.349. The highest BCUT2D eigenvalue weighted by Gasteiger charge is 2.21. The van der Waals surface area contributed by atoms with Gasteiger partial charge in [0.2, 0.25) is 0 Å². The third-order valence-electron chi connectivity index (χ3n) is 2.37. The van der Waals surface area contributed by atoms with Gasteiger partial charge in [0.1, 0.15) is 6.04 Å². The summed E-state index contributed by atoms with van der Waals surface area (Å²) in [5.41, 5.74) is 1.63. The lowest BCUT2D eigenvalue weighted by Crippen LogP contribution is -2.45. The molecule has 1 rings (SSSR count). The van der Waals surface area contributed by atoms with Crippen LogP contribution in [0.2, 0.25) is 0 Å². The van der Waals surface area contributed by atoms with E-state index >= 15 is 0 Å². The number of carboxylic acids is 1. The van der Waals surface area contributed by atoms with Crippen LogP contribution in [0, 0.1) is 0 Å². The second-order valence-corrected chi connectivity index (χ2v) is 4.77. The van der Waals surface area contributed by atoms with Gasteiger partial charge in [0, 0.05) is 17.5 Å². The molecule has 0 fully saturated rings. The summed E-state index contributed by atoms with van der Waals surface area (Å²) in [4.78, 5) is 38.2. The van der Waals surface area contributed by atoms with E-state index in [9.17, 15) is 14.4 Å². The van der Waals surface area contributed by atoms with E-state index in [1.807, 2.05) is 0 Å². The summed E-state index contributed by atoms with van der Waals surface area (Å²) >= 11 is 1.38. The molecule has 1 aromatic heterocycles. The zero-order valence-corrected chi connectivity index (χ0v) is 11.6. The molecule has 0 saturated carbocycles. The minimum atomic E-state index is -1.21. The first-order valence-corrected chi connectivity index (χ1v) is 6.62. The van der Waals surface area contributed by atoms with Crippen molar-refractivity contribution >= 4 is 29.3 Å². The summed E-state index contributed by atoms with van der Waals surface area (Å²) in [5.74, 6) is -1.73. The third kappa shape index (κ3) is 5.65. The molecule has 110 valence electrons. The number of carboxylic acid groups (broad SMARTS) is 1. The zero-order valence-electron chi connectivity index (χ0n) is 10.8. The first-order valence-electron chi connectivity index (χ1n) is 5.74. The number of rotatable bonds is 7. The lowest BCUT2D eigenvalue weighted by Gasteiger charge is -2.14. The number of carbonyl (C=O) groups is 3. The standard InChI is InChI=1S/C11H15N3O5S/c1-19-9(15)3-2-8(10(16)17)14-11(18)13-5-7-4-12-6-20-7/h4,6,8H,2-3,5H2,1H3,(H,16,17)(H2,13,14,18)/t8-/m1/s1. The number of amides is 2. The lowest BCUT2D eigenvalue weighted by molar-refractivity contribution is -0.142. The van der Waals surface area contributed by atoms with Gasteiger partial charge in [0.05, 0.1) is 19.2 Å². The Hall–Kier alpha value is -2.16. The average Bonchev–Trinajstić information content (AvgIpc) is 2.93. The smallest absolute Gasteiger partial charge is 0.326 e. The highest BCUT2D eigenvalue weighted by Crippen LogP contribution is 2.04. The summed E-state index contributed by atoms with van der Waals surface area (Å²) < 4.78 is 4.42. The number of nitrogens with one attached hydrogen (secondary N) is 2. The van der Waals surface area contributed by atoms with E-state index in [-0.39, 0.29) is 19.4 Å². The molecule has 0 saturated heterocycles. The van der Waals surface area contributed by atoms with E-state index in [1.54, 1.807) is 11.7 Å². The second-order valence-electron chi connectivity index (χ2n) is 3.80. The predicted molar refractivity (Wildman–Crippen MR) is 70.2 cm³/mol. The number of thiazole rings is 1. The Balaban J connectivity index is 2.38. The number of methoxy groups -OCH3 is 1. The van der Waals surface area contributed by atoms with Crippen LogP contribution in [0.4, 0.5) is 4.79 Å². The SMILES string of the molecule is COC(=O)CC[C@@H](NC(=O)NCc1cncs1)C(=O)O. The molecule has 0 bridgehead atoms. The molecular weight excluding hydrogens is 286 g/mol. The van der Waals surface area contributed by atoms with Crippen molar-refractivity contribution in [3.05, 3.63) is 16.6 Å². The third-order valence-corrected chi connectivity index (χ3v) is 3.15. The highest BCUT2D eigenvalue weighted by molar-refractivity contribution is 7.09. The fourth-order valence-electron chi connectivity index (χ4n) is 1.33. The number of urea groups is 1. The van der Waals surface area contributed by atoms with Crippen molar-refractivity contribution in [2.45, 2.75) is 25.4 Å². The summed E-state index contributed by atoms with van der Waals surface area (Å²) in [7, 11) is 1.22. The largest absolute Gasteiger partial charge is 0.480 e. The van der Waals surface area contributed by atoms with E-state index in [4.69, 9.17) is 5.11 Å². The minimum Gasteiger partial charge on any atom is -0.480 e. The molecule has 0 radical (unpaired) electrons. The van der Waals surface area contributed by atoms with Gasteiger partial charge in [0.15, 0.2) is 0 Å². The molecule has 1 atom stereocenters. The maximum Gasteiger partial charge on any atom is 0.326 e. The highest BCUT2D eigenvalue weighted by atomic mass is 32.1. The molecule has 0 unspecified atom stereocenters. The van der Waals surface area contributed by atoms with Gasteiger partial charge in [0.25, 0.3) is 0 Å². The van der Waals surface area contributed by atoms with Crippen LogP contribution in [0.5, 0.6) is 0 Å². The molecule has 2 amide bonds. The maximum atomic E-state index is 11.5. The molecule has 1 heterocycles. The van der Waals surface area contributed by atoms with Crippen LogP contribution >= 0.6 is 11.3 Å². The number of hydrogen-bond donors (Lipinski definition) is 3. The Kier molecular flexibility index (Phi) is 6.44. The summed E-state index contributed by atoms with van der Waals surface area (Å²) in [5, 5.41) is 13.8. The number of carbonyl (C=O) groups excluding carboxylic acids is 2. The first-order chi connectivity index (χ1) is 9.52. The van der Waals surface area contributed by atoms with Gasteiger partial charge in [-0.15, -0.1) is 11.3 Å². The van der Waals surface area contributed by atoms with Crippen molar-refractivity contribution in [1.29, 1.82) is 0 Å². The molecule has 0 aliphatic heterocycles. The molecule has 20 heavy (non-hydrogen) atoms. The number of aliphatic carboxylic acids is 1. The summed E-state index contributed by atoms with van der Waals surface area (Å²) in [6.07, 6.45) is 1.50. The monoisotopic (exact) mass is 301 g/mol. The number of hydrogen-bond acceptors (Lipinski definition) is 6. The van der Waals surface area contributed by atoms with Gasteiger partial charge in [-0.05, 0) is 6.42 Å². The Morgan fingerprint density at radius 3 is 2.80 bits per heavy atom. The zero-order chi connectivity index (χ0) is 15.0. The van der Waals surface area contributed by atoms with Crippen LogP contribution < -0.4 is 10.6 Å². The van der Waals surface area contributed by atoms with Crippen molar-refractivity contribution < 1.29 is 24.2 Å². The molecular formula is C11H15N3O5S. The van der Waals surface area contributed by atoms with E-state index in [1.165, 1.54) is 18.4 Å². The van der Waals surface area contributed by atoms with E-state index < -0.39 is 24.0 Å². The summed E-state index contributed by atoms with van der Waals surface area (Å²) in [6.45, 7) is 0.264. The number of nitrogens with zero attached hydrogens (tertiary/aromatic N) is 1. The van der Waals surface area contributed by atoms with Crippen molar-refractivity contribution in [2.75, 3.05) is 7.11 Å². The maximum absolute atomic E-state index is 11.5. The van der Waals surface area contributed by atoms with Crippen LogP contribution in [0.1, 0.15) is 17.7 Å². The van der Waals surface area contributed by atoms with Gasteiger partial charge >= 0.3 is 18.0 Å². The first kappa shape index (κ1) is 15.9. The van der Waals surface area contributed by atoms with Crippen molar-refractivity contribution in [2.24, 2.45) is 0 Å². The number of esters is 1. The van der Waals surface area contributed by atoms with E-state index in [2.05, 4.69) is 20.4 Å². The quantitative estimate of drug-likeness (QED) is 0.625. The Morgan fingerprint density at radius 2 is 2.25 bits per heavy atom. The lowest BCUT2D eigenvalue weighted by atomic mass is 10.1. The molecule has 8 nitrogen and oxygen atoms in total. The van der Waals surface area contributed by atoms with E-state index in [0.29, 0.717) is 0 Å². The average molecular weight is 301 g/mol.